The number of aryl methyl sites for hydroxylation is 1. The Kier molecular flexibility index (Phi) is 11.1. The lowest BCUT2D eigenvalue weighted by Crippen LogP contribution is -2.26. The third kappa shape index (κ3) is 7.69. The van der Waals surface area contributed by atoms with E-state index in [4.69, 9.17) is 23.7 Å². The topological polar surface area (TPSA) is 66.4 Å². The number of allylic oxidation sites excluding steroid dienone is 1. The van der Waals surface area contributed by atoms with Crippen molar-refractivity contribution in [3.63, 3.8) is 0 Å². The Morgan fingerprint density at radius 2 is 1.79 bits per heavy atom. The van der Waals surface area contributed by atoms with Crippen LogP contribution in [0.25, 0.3) is 0 Å². The fraction of sp³-hybridized carbons (Fsp3) is 0.481. The number of methoxy groups -OCH3 is 2. The Morgan fingerprint density at radius 3 is 2.45 bits per heavy atom. The molecule has 2 aromatic carbocycles. The summed E-state index contributed by atoms with van der Waals surface area (Å²) in [6, 6.07) is 9.24. The van der Waals surface area contributed by atoms with Crippen LogP contribution in [0.15, 0.2) is 43.0 Å². The summed E-state index contributed by atoms with van der Waals surface area (Å²) in [7, 11) is 3.16. The van der Waals surface area contributed by atoms with Crippen molar-refractivity contribution in [3.8, 4) is 23.0 Å². The number of hydrogen-bond acceptors (Lipinski definition) is 6. The quantitative estimate of drug-likeness (QED) is 0.269. The highest BCUT2D eigenvalue weighted by atomic mass is 16.6. The third-order valence-electron chi connectivity index (χ3n) is 5.33. The first-order chi connectivity index (χ1) is 15.9. The molecule has 0 aliphatic rings. The Hall–Kier alpha value is -2.70. The summed E-state index contributed by atoms with van der Waals surface area (Å²) in [4.78, 5) is 0. The summed E-state index contributed by atoms with van der Waals surface area (Å²) in [5.41, 5.74) is 2.92. The number of aromatic hydroxyl groups is 1. The molecule has 2 atom stereocenters. The molecule has 0 aliphatic heterocycles. The molecule has 6 nitrogen and oxygen atoms in total. The summed E-state index contributed by atoms with van der Waals surface area (Å²) in [6.45, 7) is 11.5. The van der Waals surface area contributed by atoms with Crippen molar-refractivity contribution in [3.05, 3.63) is 59.7 Å². The van der Waals surface area contributed by atoms with Gasteiger partial charge in [0, 0.05) is 6.61 Å². The van der Waals surface area contributed by atoms with Crippen LogP contribution in [-0.2, 0) is 15.9 Å². The molecule has 182 valence electrons. The van der Waals surface area contributed by atoms with E-state index < -0.39 is 6.10 Å². The van der Waals surface area contributed by atoms with E-state index in [1.807, 2.05) is 32.1 Å². The van der Waals surface area contributed by atoms with Gasteiger partial charge in [0.1, 0.15) is 12.2 Å². The van der Waals surface area contributed by atoms with E-state index in [0.29, 0.717) is 30.5 Å². The number of phenols is 1. The van der Waals surface area contributed by atoms with E-state index in [9.17, 15) is 5.11 Å². The van der Waals surface area contributed by atoms with Crippen LogP contribution in [0.4, 0.5) is 0 Å². The molecule has 0 saturated carbocycles. The molecule has 2 aromatic rings. The molecule has 0 amide bonds. The normalized spacial score (nSPS) is 12.8. The first-order valence-corrected chi connectivity index (χ1v) is 11.5. The van der Waals surface area contributed by atoms with Gasteiger partial charge in [0.15, 0.2) is 23.0 Å². The van der Waals surface area contributed by atoms with Gasteiger partial charge in [-0.1, -0.05) is 31.6 Å². The Bertz CT molecular complexity index is 879. The highest BCUT2D eigenvalue weighted by Gasteiger charge is 2.25. The van der Waals surface area contributed by atoms with Gasteiger partial charge in [-0.3, -0.25) is 0 Å². The predicted octanol–water partition coefficient (Wildman–Crippen LogP) is 5.79. The zero-order valence-corrected chi connectivity index (χ0v) is 20.6. The summed E-state index contributed by atoms with van der Waals surface area (Å²) in [5.74, 6) is 1.81. The first-order valence-electron chi connectivity index (χ1n) is 11.5. The smallest absolute Gasteiger partial charge is 0.164 e. The van der Waals surface area contributed by atoms with Crippen LogP contribution in [-0.4, -0.2) is 45.3 Å². The average Bonchev–Trinajstić information content (AvgIpc) is 2.80. The molecule has 2 rings (SSSR count). The Labute approximate surface area is 198 Å². The van der Waals surface area contributed by atoms with Crippen LogP contribution in [0.5, 0.6) is 23.0 Å². The number of rotatable bonds is 15. The van der Waals surface area contributed by atoms with Crippen LogP contribution in [0, 0.1) is 6.92 Å². The zero-order chi connectivity index (χ0) is 24.2. The maximum atomic E-state index is 10.0. The van der Waals surface area contributed by atoms with Crippen molar-refractivity contribution in [2.24, 2.45) is 0 Å². The fourth-order valence-corrected chi connectivity index (χ4v) is 3.60. The van der Waals surface area contributed by atoms with Crippen molar-refractivity contribution in [1.82, 2.24) is 0 Å². The van der Waals surface area contributed by atoms with Crippen molar-refractivity contribution in [2.45, 2.75) is 52.2 Å². The minimum Gasteiger partial charge on any atom is -0.504 e. The zero-order valence-electron chi connectivity index (χ0n) is 20.6. The van der Waals surface area contributed by atoms with Gasteiger partial charge in [0.2, 0.25) is 0 Å². The largest absolute Gasteiger partial charge is 0.504 e. The second kappa shape index (κ2) is 13.8. The number of phenolic OH excluding ortho intramolecular Hbond substituents is 1. The molecule has 0 aromatic heterocycles. The van der Waals surface area contributed by atoms with E-state index in [-0.39, 0.29) is 11.9 Å². The highest BCUT2D eigenvalue weighted by Crippen LogP contribution is 2.37. The van der Waals surface area contributed by atoms with Crippen molar-refractivity contribution in [1.29, 1.82) is 0 Å². The summed E-state index contributed by atoms with van der Waals surface area (Å²) < 4.78 is 29.2. The highest BCUT2D eigenvalue weighted by molar-refractivity contribution is 5.49. The molecule has 2 unspecified atom stereocenters. The van der Waals surface area contributed by atoms with Crippen LogP contribution >= 0.6 is 0 Å². The lowest BCUT2D eigenvalue weighted by atomic mass is 10.0. The first kappa shape index (κ1) is 26.6. The summed E-state index contributed by atoms with van der Waals surface area (Å²) in [6.07, 6.45) is 3.97. The molecule has 0 saturated heterocycles. The maximum absolute atomic E-state index is 10.0. The van der Waals surface area contributed by atoms with E-state index in [0.717, 1.165) is 42.6 Å². The van der Waals surface area contributed by atoms with Crippen LogP contribution < -0.4 is 14.2 Å². The van der Waals surface area contributed by atoms with Gasteiger partial charge in [-0.05, 0) is 61.6 Å². The van der Waals surface area contributed by atoms with Gasteiger partial charge in [-0.15, -0.1) is 6.58 Å². The van der Waals surface area contributed by atoms with Gasteiger partial charge < -0.3 is 28.8 Å². The van der Waals surface area contributed by atoms with Crippen LogP contribution in [0.3, 0.4) is 0 Å². The second-order valence-electron chi connectivity index (χ2n) is 7.95. The standard InChI is InChI=1S/C27H38O6/c1-7-9-13-31-14-15-32-27(22-11-12-23(28)24(18-22)29-5)20(4)33-26-19(3)16-21(10-8-2)17-25(26)30-6/h8,11-12,16-18,20,27-28H,2,7,9-10,13-15H2,1,3-6H3. The van der Waals surface area contributed by atoms with E-state index in [2.05, 4.69) is 19.6 Å². The molecule has 0 fully saturated rings. The van der Waals surface area contributed by atoms with Crippen LogP contribution in [0.2, 0.25) is 0 Å². The minimum absolute atomic E-state index is 0.0757. The maximum Gasteiger partial charge on any atom is 0.164 e. The third-order valence-corrected chi connectivity index (χ3v) is 5.33. The number of benzene rings is 2. The van der Waals surface area contributed by atoms with Gasteiger partial charge in [0.25, 0.3) is 0 Å². The van der Waals surface area contributed by atoms with Gasteiger partial charge >= 0.3 is 0 Å². The average molecular weight is 459 g/mol. The van der Waals surface area contributed by atoms with Gasteiger partial charge in [0.05, 0.1) is 27.4 Å². The Balaban J connectivity index is 2.26. The van der Waals surface area contributed by atoms with E-state index in [1.54, 1.807) is 19.2 Å². The lowest BCUT2D eigenvalue weighted by molar-refractivity contribution is -0.0445. The van der Waals surface area contributed by atoms with E-state index >= 15 is 0 Å². The molecule has 1 N–H and O–H groups in total. The number of hydrogen-bond donors (Lipinski definition) is 1. The molecule has 0 aliphatic carbocycles. The van der Waals surface area contributed by atoms with Crippen LogP contribution in [0.1, 0.15) is 49.5 Å². The molecular weight excluding hydrogens is 420 g/mol. The summed E-state index contributed by atoms with van der Waals surface area (Å²) in [5, 5.41) is 10.0. The number of unbranched alkanes of at least 4 members (excludes halogenated alkanes) is 1. The molecular formula is C27H38O6. The van der Waals surface area contributed by atoms with Crippen molar-refractivity contribution >= 4 is 0 Å². The van der Waals surface area contributed by atoms with E-state index in [1.165, 1.54) is 7.11 Å². The monoisotopic (exact) mass is 458 g/mol. The predicted molar refractivity (Wildman–Crippen MR) is 131 cm³/mol. The molecule has 0 bridgehead atoms. The summed E-state index contributed by atoms with van der Waals surface area (Å²) >= 11 is 0. The Morgan fingerprint density at radius 1 is 1.03 bits per heavy atom. The van der Waals surface area contributed by atoms with Crippen molar-refractivity contribution in [2.75, 3.05) is 34.0 Å². The number of ether oxygens (including phenoxy) is 5. The molecule has 33 heavy (non-hydrogen) atoms. The molecule has 0 radical (unpaired) electrons. The second-order valence-corrected chi connectivity index (χ2v) is 7.95. The molecule has 0 heterocycles. The van der Waals surface area contributed by atoms with Gasteiger partial charge in [-0.25, -0.2) is 0 Å². The molecule has 6 heteroatoms. The van der Waals surface area contributed by atoms with Gasteiger partial charge in [-0.2, -0.15) is 0 Å². The SMILES string of the molecule is C=CCc1cc(C)c(OC(C)C(OCCOCCCC)c2ccc(O)c(OC)c2)c(OC)c1. The fourth-order valence-electron chi connectivity index (χ4n) is 3.60. The minimum atomic E-state index is -0.411. The molecule has 0 spiro atoms. The van der Waals surface area contributed by atoms with Crippen molar-refractivity contribution < 1.29 is 28.8 Å². The lowest BCUT2D eigenvalue weighted by Gasteiger charge is -2.27.